The van der Waals surface area contributed by atoms with E-state index in [2.05, 4.69) is 6.92 Å². The van der Waals surface area contributed by atoms with Crippen molar-refractivity contribution in [3.63, 3.8) is 0 Å². The summed E-state index contributed by atoms with van der Waals surface area (Å²) in [6.45, 7) is 4.94. The molecule has 2 N–H and O–H groups in total. The van der Waals surface area contributed by atoms with Crippen molar-refractivity contribution in [2.45, 2.75) is 51.9 Å². The summed E-state index contributed by atoms with van der Waals surface area (Å²) in [5.74, 6) is -2.50. The summed E-state index contributed by atoms with van der Waals surface area (Å²) in [6, 6.07) is 9.28. The summed E-state index contributed by atoms with van der Waals surface area (Å²) in [7, 11) is 0. The smallest absolute Gasteiger partial charge is 0.453 e. The molecule has 2 aromatic carbocycles. The van der Waals surface area contributed by atoms with Crippen LogP contribution in [0.3, 0.4) is 0 Å². The number of nitrogens with one attached hydrogen (secondary N) is 1. The highest BCUT2D eigenvalue weighted by Gasteiger charge is 2.41. The highest BCUT2D eigenvalue weighted by Crippen LogP contribution is 2.39. The molecule has 2 unspecified atom stereocenters. The molecule has 0 aliphatic carbocycles. The standard InChI is InChI=1S/C24H24F3NO4/c1-14-6-5-8-16(12-14)31-22-20(30)17-9-10-19(29)18(13-28-11-4-3-7-15(28)2)21(17)32-23(22)24(25,26)27/h5-6,8-10,12,15,29H,3-4,7,11,13H2,1-2H3/p+1. The maximum Gasteiger partial charge on any atom is 0.453 e. The van der Waals surface area contributed by atoms with Crippen LogP contribution < -0.4 is 15.1 Å². The van der Waals surface area contributed by atoms with E-state index in [1.54, 1.807) is 19.1 Å². The fourth-order valence-electron chi connectivity index (χ4n) is 4.28. The Morgan fingerprint density at radius 3 is 2.69 bits per heavy atom. The van der Waals surface area contributed by atoms with Crippen molar-refractivity contribution in [1.29, 1.82) is 0 Å². The fourth-order valence-corrected chi connectivity index (χ4v) is 4.28. The van der Waals surface area contributed by atoms with Gasteiger partial charge in [-0.2, -0.15) is 13.2 Å². The van der Waals surface area contributed by atoms with Gasteiger partial charge in [0.05, 0.1) is 23.5 Å². The van der Waals surface area contributed by atoms with E-state index < -0.39 is 23.1 Å². The lowest BCUT2D eigenvalue weighted by Crippen LogP contribution is -3.14. The van der Waals surface area contributed by atoms with Crippen LogP contribution in [0.4, 0.5) is 13.2 Å². The number of alkyl halides is 3. The molecule has 2 atom stereocenters. The van der Waals surface area contributed by atoms with Gasteiger partial charge in [-0.25, -0.2) is 0 Å². The Morgan fingerprint density at radius 2 is 2.00 bits per heavy atom. The van der Waals surface area contributed by atoms with Crippen LogP contribution in [-0.2, 0) is 12.7 Å². The monoisotopic (exact) mass is 448 g/mol. The first-order valence-electron chi connectivity index (χ1n) is 10.6. The van der Waals surface area contributed by atoms with E-state index in [0.29, 0.717) is 0 Å². The Hall–Kier alpha value is -3.00. The first-order valence-corrected chi connectivity index (χ1v) is 10.6. The van der Waals surface area contributed by atoms with Gasteiger partial charge in [0, 0.05) is 0 Å². The summed E-state index contributed by atoms with van der Waals surface area (Å²) in [5, 5.41) is 10.4. The third kappa shape index (κ3) is 4.32. The molecule has 8 heteroatoms. The van der Waals surface area contributed by atoms with E-state index in [1.807, 2.05) is 0 Å². The Bertz CT molecular complexity index is 1200. The number of rotatable bonds is 4. The SMILES string of the molecule is Cc1cccc(Oc2c(C(F)(F)F)oc3c(C[NH+]4CCCCC4C)c(O)ccc3c2=O)c1. The molecule has 0 bridgehead atoms. The molecule has 0 spiro atoms. The van der Waals surface area contributed by atoms with Gasteiger partial charge in [0.2, 0.25) is 11.2 Å². The quantitative estimate of drug-likeness (QED) is 0.614. The Morgan fingerprint density at radius 1 is 1.22 bits per heavy atom. The van der Waals surface area contributed by atoms with E-state index >= 15 is 0 Å². The predicted molar refractivity (Wildman–Crippen MR) is 113 cm³/mol. The van der Waals surface area contributed by atoms with Crippen molar-refractivity contribution in [2.75, 3.05) is 6.54 Å². The molecule has 0 radical (unpaired) electrons. The zero-order valence-corrected chi connectivity index (χ0v) is 17.9. The fraction of sp³-hybridized carbons (Fsp3) is 0.375. The van der Waals surface area contributed by atoms with Crippen molar-refractivity contribution in [1.82, 2.24) is 0 Å². The minimum Gasteiger partial charge on any atom is -0.507 e. The van der Waals surface area contributed by atoms with Crippen molar-refractivity contribution in [2.24, 2.45) is 0 Å². The number of ether oxygens (including phenoxy) is 1. The van der Waals surface area contributed by atoms with Crippen molar-refractivity contribution in [3.05, 3.63) is 63.5 Å². The topological polar surface area (TPSA) is 64.1 Å². The normalized spacial score (nSPS) is 19.3. The number of fused-ring (bicyclic) bond motifs is 1. The van der Waals surface area contributed by atoms with Gasteiger partial charge in [-0.05, 0) is 62.9 Å². The number of halogens is 3. The zero-order chi connectivity index (χ0) is 23.0. The van der Waals surface area contributed by atoms with Crippen LogP contribution in [0.2, 0.25) is 0 Å². The van der Waals surface area contributed by atoms with Crippen LogP contribution in [0, 0.1) is 6.92 Å². The van der Waals surface area contributed by atoms with Gasteiger partial charge in [-0.1, -0.05) is 12.1 Å². The number of likely N-dealkylation sites (tertiary alicyclic amines) is 1. The van der Waals surface area contributed by atoms with Gasteiger partial charge >= 0.3 is 6.18 Å². The number of quaternary nitrogens is 1. The highest BCUT2D eigenvalue weighted by atomic mass is 19.4. The number of hydrogen-bond acceptors (Lipinski definition) is 4. The summed E-state index contributed by atoms with van der Waals surface area (Å²) < 4.78 is 52.4. The average molecular weight is 448 g/mol. The van der Waals surface area contributed by atoms with Gasteiger partial charge in [-0.3, -0.25) is 4.79 Å². The summed E-state index contributed by atoms with van der Waals surface area (Å²) >= 11 is 0. The molecule has 170 valence electrons. The van der Waals surface area contributed by atoms with E-state index in [-0.39, 0.29) is 40.6 Å². The van der Waals surface area contributed by atoms with Crippen molar-refractivity contribution >= 4 is 11.0 Å². The third-order valence-corrected chi connectivity index (χ3v) is 6.05. The molecule has 5 nitrogen and oxygen atoms in total. The Labute approximate surface area is 183 Å². The lowest BCUT2D eigenvalue weighted by molar-refractivity contribution is -0.941. The lowest BCUT2D eigenvalue weighted by Gasteiger charge is -2.30. The van der Waals surface area contributed by atoms with Crippen LogP contribution in [0.15, 0.2) is 45.6 Å². The number of aryl methyl sites for hydroxylation is 1. The first kappa shape index (κ1) is 22.2. The predicted octanol–water partition coefficient (Wildman–Crippen LogP) is 4.58. The summed E-state index contributed by atoms with van der Waals surface area (Å²) in [5.41, 5.74) is -0.199. The third-order valence-electron chi connectivity index (χ3n) is 6.05. The maximum atomic E-state index is 13.9. The molecule has 2 heterocycles. The van der Waals surface area contributed by atoms with Gasteiger partial charge < -0.3 is 19.2 Å². The molecule has 1 saturated heterocycles. The van der Waals surface area contributed by atoms with Crippen LogP contribution in [0.25, 0.3) is 11.0 Å². The molecule has 0 amide bonds. The molecule has 1 aromatic heterocycles. The number of piperidine rings is 1. The van der Waals surface area contributed by atoms with E-state index in [1.165, 1.54) is 24.3 Å². The highest BCUT2D eigenvalue weighted by molar-refractivity contribution is 5.83. The summed E-state index contributed by atoms with van der Waals surface area (Å²) in [6.07, 6.45) is -1.87. The van der Waals surface area contributed by atoms with Crippen molar-refractivity contribution < 1.29 is 32.3 Å². The second-order valence-corrected chi connectivity index (χ2v) is 8.43. The minimum absolute atomic E-state index is 0.0579. The number of phenols is 1. The van der Waals surface area contributed by atoms with Crippen LogP contribution in [0.5, 0.6) is 17.2 Å². The molecule has 3 aromatic rings. The van der Waals surface area contributed by atoms with Crippen molar-refractivity contribution in [3.8, 4) is 17.2 Å². The van der Waals surface area contributed by atoms with Crippen LogP contribution in [-0.4, -0.2) is 17.7 Å². The number of hydrogen-bond donors (Lipinski definition) is 2. The van der Waals surface area contributed by atoms with E-state index in [4.69, 9.17) is 9.15 Å². The van der Waals surface area contributed by atoms with Crippen LogP contribution >= 0.6 is 0 Å². The first-order chi connectivity index (χ1) is 15.1. The van der Waals surface area contributed by atoms with Gasteiger partial charge in [-0.15, -0.1) is 0 Å². The molecule has 1 aliphatic heterocycles. The van der Waals surface area contributed by atoms with E-state index in [0.717, 1.165) is 36.3 Å². The number of phenolic OH excluding ortho intramolecular Hbond substituents is 1. The van der Waals surface area contributed by atoms with Gasteiger partial charge in [0.1, 0.15) is 18.0 Å². The van der Waals surface area contributed by atoms with E-state index in [9.17, 15) is 23.1 Å². The van der Waals surface area contributed by atoms with Crippen LogP contribution in [0.1, 0.15) is 43.1 Å². The molecule has 4 rings (SSSR count). The lowest BCUT2D eigenvalue weighted by atomic mass is 10.0. The average Bonchev–Trinajstić information content (AvgIpc) is 2.72. The number of benzene rings is 2. The van der Waals surface area contributed by atoms with Gasteiger partial charge in [0.15, 0.2) is 5.58 Å². The van der Waals surface area contributed by atoms with Gasteiger partial charge in [0.25, 0.3) is 5.76 Å². The minimum atomic E-state index is -4.96. The molecule has 1 aliphatic rings. The second kappa shape index (κ2) is 8.50. The molecular formula is C24H25F3NO4+. The molecular weight excluding hydrogens is 423 g/mol. The zero-order valence-electron chi connectivity index (χ0n) is 17.9. The molecule has 32 heavy (non-hydrogen) atoms. The number of aromatic hydroxyl groups is 1. The molecule has 1 fully saturated rings. The Kier molecular flexibility index (Phi) is 5.90. The second-order valence-electron chi connectivity index (χ2n) is 8.43. The molecule has 0 saturated carbocycles. The Balaban J connectivity index is 1.88. The summed E-state index contributed by atoms with van der Waals surface area (Å²) in [4.78, 5) is 14.3. The maximum absolute atomic E-state index is 13.9. The largest absolute Gasteiger partial charge is 0.507 e.